The quantitative estimate of drug-likeness (QED) is 0.831. The van der Waals surface area contributed by atoms with Gasteiger partial charge in [0, 0.05) is 18.1 Å². The highest BCUT2D eigenvalue weighted by Gasteiger charge is 2.14. The predicted molar refractivity (Wildman–Crippen MR) is 66.0 cm³/mol. The van der Waals surface area contributed by atoms with Gasteiger partial charge in [0.05, 0.1) is 5.56 Å². The van der Waals surface area contributed by atoms with E-state index in [1.54, 1.807) is 18.0 Å². The van der Waals surface area contributed by atoms with Crippen molar-refractivity contribution in [2.24, 2.45) is 0 Å². The average Bonchev–Trinajstić information content (AvgIpc) is 2.28. The van der Waals surface area contributed by atoms with Gasteiger partial charge in [0.25, 0.3) is 5.91 Å². The molecule has 0 spiro atoms. The molecule has 2 nitrogen and oxygen atoms in total. The van der Waals surface area contributed by atoms with Gasteiger partial charge in [-0.05, 0) is 40.5 Å². The number of halogens is 2. The fourth-order valence-corrected chi connectivity index (χ4v) is 1.78. The summed E-state index contributed by atoms with van der Waals surface area (Å²) in [6.45, 7) is 2.76. The molecule has 0 aliphatic heterocycles. The lowest BCUT2D eigenvalue weighted by Gasteiger charge is -2.17. The van der Waals surface area contributed by atoms with E-state index in [-0.39, 0.29) is 5.91 Å². The van der Waals surface area contributed by atoms with E-state index in [2.05, 4.69) is 22.9 Å². The molecule has 0 saturated carbocycles. The summed E-state index contributed by atoms with van der Waals surface area (Å²) in [5, 5.41) is 0. The number of carbonyl (C=O) groups is 1. The van der Waals surface area contributed by atoms with Crippen LogP contribution >= 0.6 is 15.9 Å². The normalized spacial score (nSPS) is 10.2. The van der Waals surface area contributed by atoms with Crippen LogP contribution in [0.4, 0.5) is 4.39 Å². The highest BCUT2D eigenvalue weighted by Crippen LogP contribution is 2.19. The summed E-state index contributed by atoms with van der Waals surface area (Å²) in [6, 6.07) is 4.14. The van der Waals surface area contributed by atoms with Crippen LogP contribution in [0.3, 0.4) is 0 Å². The summed E-state index contributed by atoms with van der Waals surface area (Å²) in [5.74, 6) is -0.546. The van der Waals surface area contributed by atoms with Gasteiger partial charge in [0.15, 0.2) is 0 Å². The first-order valence-electron chi connectivity index (χ1n) is 5.26. The summed E-state index contributed by atoms with van der Waals surface area (Å²) >= 11 is 3.25. The highest BCUT2D eigenvalue weighted by atomic mass is 79.9. The van der Waals surface area contributed by atoms with Crippen LogP contribution in [0.2, 0.25) is 0 Å². The zero-order valence-corrected chi connectivity index (χ0v) is 11.1. The van der Waals surface area contributed by atoms with Gasteiger partial charge < -0.3 is 4.90 Å². The van der Waals surface area contributed by atoms with Crippen molar-refractivity contribution >= 4 is 21.8 Å². The monoisotopic (exact) mass is 287 g/mol. The summed E-state index contributed by atoms with van der Waals surface area (Å²) < 4.78 is 13.7. The molecule has 0 unspecified atom stereocenters. The lowest BCUT2D eigenvalue weighted by atomic mass is 10.2. The minimum Gasteiger partial charge on any atom is -0.342 e. The molecule has 0 radical (unpaired) electrons. The third-order valence-corrected chi connectivity index (χ3v) is 3.04. The molecule has 1 aromatic carbocycles. The molecular weight excluding hydrogens is 273 g/mol. The first-order valence-corrected chi connectivity index (χ1v) is 6.06. The maximum atomic E-state index is 13.0. The minimum atomic E-state index is -0.393. The van der Waals surface area contributed by atoms with Gasteiger partial charge >= 0.3 is 0 Å². The van der Waals surface area contributed by atoms with E-state index in [0.29, 0.717) is 16.6 Å². The van der Waals surface area contributed by atoms with Gasteiger partial charge in [0.1, 0.15) is 5.82 Å². The first kappa shape index (κ1) is 13.2. The van der Waals surface area contributed by atoms with E-state index in [9.17, 15) is 9.18 Å². The number of hydrogen-bond acceptors (Lipinski definition) is 1. The molecule has 0 aliphatic rings. The van der Waals surface area contributed by atoms with E-state index >= 15 is 0 Å². The molecule has 0 aliphatic carbocycles. The van der Waals surface area contributed by atoms with Crippen molar-refractivity contribution < 1.29 is 9.18 Å². The standard InChI is InChI=1S/C12H15BrFNO/c1-3-4-7-15(2)12(16)10-8-9(14)5-6-11(10)13/h5-6,8H,3-4,7H2,1-2H3. The Hall–Kier alpha value is -0.900. The molecule has 0 bridgehead atoms. The number of benzene rings is 1. The van der Waals surface area contributed by atoms with E-state index in [0.717, 1.165) is 12.8 Å². The zero-order chi connectivity index (χ0) is 12.1. The Morgan fingerprint density at radius 1 is 1.50 bits per heavy atom. The second-order valence-corrected chi connectivity index (χ2v) is 4.56. The van der Waals surface area contributed by atoms with Crippen molar-refractivity contribution in [3.05, 3.63) is 34.1 Å². The van der Waals surface area contributed by atoms with Gasteiger partial charge in [-0.3, -0.25) is 4.79 Å². The molecule has 0 N–H and O–H groups in total. The van der Waals surface area contributed by atoms with Crippen LogP contribution in [-0.4, -0.2) is 24.4 Å². The fourth-order valence-electron chi connectivity index (χ4n) is 1.36. The largest absolute Gasteiger partial charge is 0.342 e. The van der Waals surface area contributed by atoms with Crippen LogP contribution in [0.25, 0.3) is 0 Å². The Morgan fingerprint density at radius 3 is 2.81 bits per heavy atom. The molecule has 1 rings (SSSR count). The van der Waals surface area contributed by atoms with Crippen molar-refractivity contribution in [3.8, 4) is 0 Å². The summed E-state index contributed by atoms with van der Waals surface area (Å²) in [6.07, 6.45) is 1.98. The molecule has 0 atom stereocenters. The van der Waals surface area contributed by atoms with Crippen LogP contribution in [-0.2, 0) is 0 Å². The summed E-state index contributed by atoms with van der Waals surface area (Å²) in [5.41, 5.74) is 0.374. The SMILES string of the molecule is CCCCN(C)C(=O)c1cc(F)ccc1Br. The van der Waals surface area contributed by atoms with Gasteiger partial charge in [-0.2, -0.15) is 0 Å². The second-order valence-electron chi connectivity index (χ2n) is 3.70. The predicted octanol–water partition coefficient (Wildman–Crippen LogP) is 3.46. The molecule has 88 valence electrons. The number of carbonyl (C=O) groups excluding carboxylic acids is 1. The van der Waals surface area contributed by atoms with E-state index < -0.39 is 5.82 Å². The molecular formula is C12H15BrFNO. The lowest BCUT2D eigenvalue weighted by molar-refractivity contribution is 0.0792. The number of nitrogens with zero attached hydrogens (tertiary/aromatic N) is 1. The Balaban J connectivity index is 2.83. The van der Waals surface area contributed by atoms with Crippen molar-refractivity contribution in [3.63, 3.8) is 0 Å². The van der Waals surface area contributed by atoms with Crippen molar-refractivity contribution in [2.75, 3.05) is 13.6 Å². The number of unbranched alkanes of at least 4 members (excludes halogenated alkanes) is 1. The highest BCUT2D eigenvalue weighted by molar-refractivity contribution is 9.10. The second kappa shape index (κ2) is 5.99. The van der Waals surface area contributed by atoms with Crippen LogP contribution in [0.15, 0.2) is 22.7 Å². The topological polar surface area (TPSA) is 20.3 Å². The average molecular weight is 288 g/mol. The van der Waals surface area contributed by atoms with Crippen molar-refractivity contribution in [1.82, 2.24) is 4.90 Å². The van der Waals surface area contributed by atoms with Gasteiger partial charge in [-0.1, -0.05) is 13.3 Å². The maximum Gasteiger partial charge on any atom is 0.254 e. The minimum absolute atomic E-state index is 0.153. The summed E-state index contributed by atoms with van der Waals surface area (Å²) in [7, 11) is 1.73. The third kappa shape index (κ3) is 3.30. The molecule has 0 aromatic heterocycles. The van der Waals surface area contributed by atoms with Crippen LogP contribution in [0, 0.1) is 5.82 Å². The smallest absolute Gasteiger partial charge is 0.254 e. The maximum absolute atomic E-state index is 13.0. The van der Waals surface area contributed by atoms with E-state index in [1.807, 2.05) is 0 Å². The molecule has 0 heterocycles. The number of rotatable bonds is 4. The van der Waals surface area contributed by atoms with E-state index in [1.165, 1.54) is 12.1 Å². The van der Waals surface area contributed by atoms with Crippen molar-refractivity contribution in [1.29, 1.82) is 0 Å². The van der Waals surface area contributed by atoms with Crippen LogP contribution in [0.5, 0.6) is 0 Å². The van der Waals surface area contributed by atoms with Gasteiger partial charge in [0.2, 0.25) is 0 Å². The molecule has 1 aromatic rings. The molecule has 16 heavy (non-hydrogen) atoms. The van der Waals surface area contributed by atoms with E-state index in [4.69, 9.17) is 0 Å². The Bertz CT molecular complexity index is 381. The molecule has 4 heteroatoms. The molecule has 0 fully saturated rings. The summed E-state index contributed by atoms with van der Waals surface area (Å²) in [4.78, 5) is 13.6. The number of hydrogen-bond donors (Lipinski definition) is 0. The molecule has 0 saturated heterocycles. The molecule has 1 amide bonds. The zero-order valence-electron chi connectivity index (χ0n) is 9.46. The lowest BCUT2D eigenvalue weighted by Crippen LogP contribution is -2.28. The fraction of sp³-hybridized carbons (Fsp3) is 0.417. The van der Waals surface area contributed by atoms with Crippen LogP contribution < -0.4 is 0 Å². The Labute approximate surface area is 104 Å². The first-order chi connectivity index (χ1) is 7.56. The number of amides is 1. The van der Waals surface area contributed by atoms with Crippen molar-refractivity contribution in [2.45, 2.75) is 19.8 Å². The van der Waals surface area contributed by atoms with Gasteiger partial charge in [-0.25, -0.2) is 4.39 Å². The third-order valence-electron chi connectivity index (χ3n) is 2.35. The Kier molecular flexibility index (Phi) is 4.93. The van der Waals surface area contributed by atoms with Gasteiger partial charge in [-0.15, -0.1) is 0 Å². The Morgan fingerprint density at radius 2 is 2.19 bits per heavy atom. The van der Waals surface area contributed by atoms with Crippen LogP contribution in [0.1, 0.15) is 30.1 Å².